The summed E-state index contributed by atoms with van der Waals surface area (Å²) in [4.78, 5) is 31.1. The second-order valence-electron chi connectivity index (χ2n) is 7.93. The van der Waals surface area contributed by atoms with Gasteiger partial charge in [0.15, 0.2) is 5.69 Å². The molecule has 0 unspecified atom stereocenters. The summed E-state index contributed by atoms with van der Waals surface area (Å²) in [6, 6.07) is 18.3. The summed E-state index contributed by atoms with van der Waals surface area (Å²) in [7, 11) is 0. The number of nitrogens with zero attached hydrogens (tertiary/aromatic N) is 5. The number of hydrogen-bond acceptors (Lipinski definition) is 6. The van der Waals surface area contributed by atoms with E-state index in [0.717, 1.165) is 42.9 Å². The molecule has 0 N–H and O–H groups in total. The number of amides is 2. The Labute approximate surface area is 180 Å². The number of carbonyl (C=O) groups excluding carboxylic acids is 2. The van der Waals surface area contributed by atoms with E-state index in [9.17, 15) is 9.59 Å². The minimum atomic E-state index is -0.148. The lowest BCUT2D eigenvalue weighted by Crippen LogP contribution is -2.64. The third kappa shape index (κ3) is 3.94. The van der Waals surface area contributed by atoms with Crippen molar-refractivity contribution in [3.63, 3.8) is 0 Å². The summed E-state index contributed by atoms with van der Waals surface area (Å²) in [6.45, 7) is 4.29. The molecule has 2 aliphatic rings. The summed E-state index contributed by atoms with van der Waals surface area (Å²) in [5.41, 5.74) is 3.21. The van der Waals surface area contributed by atoms with Crippen LogP contribution in [0.5, 0.6) is 0 Å². The molecule has 0 aliphatic carbocycles. The van der Waals surface area contributed by atoms with Gasteiger partial charge < -0.3 is 9.80 Å². The fourth-order valence-electron chi connectivity index (χ4n) is 4.18. The topological polar surface area (TPSA) is 82.8 Å². The van der Waals surface area contributed by atoms with E-state index in [1.807, 2.05) is 47.4 Å². The Kier molecular flexibility index (Phi) is 5.21. The molecule has 3 heterocycles. The zero-order valence-electron chi connectivity index (χ0n) is 17.1. The SMILES string of the molecule is O=C(c1ccc(-c2ccccc2)cc1)N1CC(N2CCN(C(=O)c3cnon3)CC2)C1. The Bertz CT molecular complexity index is 1040. The van der Waals surface area contributed by atoms with Crippen molar-refractivity contribution in [3.05, 3.63) is 72.1 Å². The van der Waals surface area contributed by atoms with Gasteiger partial charge in [0, 0.05) is 50.9 Å². The van der Waals surface area contributed by atoms with Crippen molar-refractivity contribution in [1.82, 2.24) is 25.0 Å². The van der Waals surface area contributed by atoms with Crippen LogP contribution < -0.4 is 0 Å². The predicted octanol–water partition coefficient (Wildman–Crippen LogP) is 2.02. The van der Waals surface area contributed by atoms with Gasteiger partial charge in [-0.05, 0) is 28.4 Å². The predicted molar refractivity (Wildman–Crippen MR) is 113 cm³/mol. The van der Waals surface area contributed by atoms with Crippen molar-refractivity contribution in [2.45, 2.75) is 6.04 Å². The first kappa shape index (κ1) is 19.4. The van der Waals surface area contributed by atoms with E-state index in [-0.39, 0.29) is 17.5 Å². The van der Waals surface area contributed by atoms with Crippen LogP contribution in [0.3, 0.4) is 0 Å². The molecule has 2 fully saturated rings. The highest BCUT2D eigenvalue weighted by molar-refractivity contribution is 5.95. The van der Waals surface area contributed by atoms with Crippen LogP contribution in [0.1, 0.15) is 20.8 Å². The van der Waals surface area contributed by atoms with Crippen molar-refractivity contribution in [1.29, 1.82) is 0 Å². The Hall–Kier alpha value is -3.52. The van der Waals surface area contributed by atoms with Crippen LogP contribution in [0, 0.1) is 0 Å². The maximum absolute atomic E-state index is 12.8. The lowest BCUT2D eigenvalue weighted by molar-refractivity contribution is 0.00835. The van der Waals surface area contributed by atoms with Crippen molar-refractivity contribution < 1.29 is 14.2 Å². The zero-order chi connectivity index (χ0) is 21.2. The highest BCUT2D eigenvalue weighted by atomic mass is 16.6. The largest absolute Gasteiger partial charge is 0.335 e. The van der Waals surface area contributed by atoms with E-state index >= 15 is 0 Å². The molecule has 1 aromatic heterocycles. The van der Waals surface area contributed by atoms with Gasteiger partial charge in [-0.2, -0.15) is 0 Å². The van der Waals surface area contributed by atoms with E-state index < -0.39 is 0 Å². The molecule has 2 saturated heterocycles. The van der Waals surface area contributed by atoms with Gasteiger partial charge in [0.1, 0.15) is 6.20 Å². The third-order valence-electron chi connectivity index (χ3n) is 6.09. The molecule has 8 nitrogen and oxygen atoms in total. The van der Waals surface area contributed by atoms with Gasteiger partial charge in [-0.3, -0.25) is 14.5 Å². The highest BCUT2D eigenvalue weighted by Crippen LogP contribution is 2.23. The van der Waals surface area contributed by atoms with E-state index in [2.05, 4.69) is 32.0 Å². The molecule has 0 saturated carbocycles. The quantitative estimate of drug-likeness (QED) is 0.646. The van der Waals surface area contributed by atoms with Crippen molar-refractivity contribution in [2.75, 3.05) is 39.3 Å². The fraction of sp³-hybridized carbons (Fsp3) is 0.304. The third-order valence-corrected chi connectivity index (χ3v) is 6.09. The second kappa shape index (κ2) is 8.31. The van der Waals surface area contributed by atoms with Gasteiger partial charge in [0.05, 0.1) is 0 Å². The Balaban J connectivity index is 1.12. The van der Waals surface area contributed by atoms with Crippen LogP contribution >= 0.6 is 0 Å². The van der Waals surface area contributed by atoms with Crippen molar-refractivity contribution in [3.8, 4) is 11.1 Å². The molecule has 5 rings (SSSR count). The van der Waals surface area contributed by atoms with Crippen molar-refractivity contribution >= 4 is 11.8 Å². The molecule has 0 radical (unpaired) electrons. The highest BCUT2D eigenvalue weighted by Gasteiger charge is 2.37. The zero-order valence-corrected chi connectivity index (χ0v) is 17.1. The molecular weight excluding hydrogens is 394 g/mol. The number of aromatic nitrogens is 2. The molecule has 3 aromatic rings. The molecule has 2 amide bonds. The van der Waals surface area contributed by atoms with Crippen LogP contribution in [-0.2, 0) is 0 Å². The normalized spacial score (nSPS) is 17.4. The monoisotopic (exact) mass is 417 g/mol. The summed E-state index contributed by atoms with van der Waals surface area (Å²) in [6.07, 6.45) is 1.34. The van der Waals surface area contributed by atoms with E-state index in [1.54, 1.807) is 4.90 Å². The number of rotatable bonds is 4. The summed E-state index contributed by atoms with van der Waals surface area (Å²) < 4.78 is 4.52. The van der Waals surface area contributed by atoms with Gasteiger partial charge in [-0.1, -0.05) is 47.6 Å². The Morgan fingerprint density at radius 2 is 1.48 bits per heavy atom. The molecule has 8 heteroatoms. The van der Waals surface area contributed by atoms with Gasteiger partial charge in [-0.15, -0.1) is 0 Å². The number of likely N-dealkylation sites (tertiary alicyclic amines) is 1. The van der Waals surface area contributed by atoms with E-state index in [0.29, 0.717) is 19.1 Å². The number of carbonyl (C=O) groups is 2. The van der Waals surface area contributed by atoms with Crippen LogP contribution in [0.25, 0.3) is 11.1 Å². The van der Waals surface area contributed by atoms with Crippen LogP contribution in [0.15, 0.2) is 65.4 Å². The van der Waals surface area contributed by atoms with Crippen LogP contribution in [0.2, 0.25) is 0 Å². The van der Waals surface area contributed by atoms with Crippen molar-refractivity contribution in [2.24, 2.45) is 0 Å². The first-order chi connectivity index (χ1) is 15.2. The lowest BCUT2D eigenvalue weighted by Gasteiger charge is -2.48. The number of benzene rings is 2. The average Bonchev–Trinajstić information content (AvgIpc) is 3.34. The summed E-state index contributed by atoms with van der Waals surface area (Å²) >= 11 is 0. The fourth-order valence-corrected chi connectivity index (χ4v) is 4.18. The van der Waals surface area contributed by atoms with Gasteiger partial charge in [0.2, 0.25) is 0 Å². The number of piperazine rings is 1. The minimum Gasteiger partial charge on any atom is -0.335 e. The summed E-state index contributed by atoms with van der Waals surface area (Å²) in [5.74, 6) is -0.0755. The standard InChI is InChI=1S/C23H23N5O3/c29-22(19-8-6-18(7-9-19)17-4-2-1-3-5-17)28-15-20(16-28)26-10-12-27(13-11-26)23(30)21-14-24-31-25-21/h1-9,14,20H,10-13,15-16H2. The average molecular weight is 417 g/mol. The van der Waals surface area contributed by atoms with E-state index in [4.69, 9.17) is 0 Å². The van der Waals surface area contributed by atoms with Gasteiger partial charge in [-0.25, -0.2) is 4.63 Å². The first-order valence-corrected chi connectivity index (χ1v) is 10.4. The molecule has 2 aromatic carbocycles. The second-order valence-corrected chi connectivity index (χ2v) is 7.93. The smallest absolute Gasteiger partial charge is 0.277 e. The Morgan fingerprint density at radius 3 is 2.13 bits per heavy atom. The molecule has 0 spiro atoms. The lowest BCUT2D eigenvalue weighted by atomic mass is 10.0. The molecule has 31 heavy (non-hydrogen) atoms. The van der Waals surface area contributed by atoms with E-state index in [1.165, 1.54) is 6.20 Å². The molecular formula is C23H23N5O3. The first-order valence-electron chi connectivity index (χ1n) is 10.4. The van der Waals surface area contributed by atoms with Crippen LogP contribution in [0.4, 0.5) is 0 Å². The van der Waals surface area contributed by atoms with Gasteiger partial charge >= 0.3 is 0 Å². The van der Waals surface area contributed by atoms with Crippen LogP contribution in [-0.4, -0.2) is 82.1 Å². The molecule has 0 atom stereocenters. The molecule has 2 aliphatic heterocycles. The maximum atomic E-state index is 12.8. The minimum absolute atomic E-state index is 0.0724. The maximum Gasteiger partial charge on any atom is 0.277 e. The van der Waals surface area contributed by atoms with Gasteiger partial charge in [0.25, 0.3) is 11.8 Å². The number of hydrogen-bond donors (Lipinski definition) is 0. The molecule has 158 valence electrons. The Morgan fingerprint density at radius 1 is 0.806 bits per heavy atom. The molecule has 0 bridgehead atoms. The summed E-state index contributed by atoms with van der Waals surface area (Å²) in [5, 5.41) is 7.11.